The fraction of sp³-hybridized carbons (Fsp3) is 1.00. The number of unbranched alkanes of at least 4 members (excludes halogenated alkanes) is 4. The van der Waals surface area contributed by atoms with Crippen molar-refractivity contribution >= 4 is 0 Å². The highest BCUT2D eigenvalue weighted by molar-refractivity contribution is 4.60. The summed E-state index contributed by atoms with van der Waals surface area (Å²) in [5, 5.41) is 0. The fourth-order valence-corrected chi connectivity index (χ4v) is 1.85. The lowest BCUT2D eigenvalue weighted by Crippen LogP contribution is -2.40. The molecule has 20 heavy (non-hydrogen) atoms. The van der Waals surface area contributed by atoms with E-state index >= 15 is 0 Å². The van der Waals surface area contributed by atoms with Crippen molar-refractivity contribution in [1.82, 2.24) is 0 Å². The highest BCUT2D eigenvalue weighted by Gasteiger charge is 2.32. The van der Waals surface area contributed by atoms with Crippen molar-refractivity contribution in [3.63, 3.8) is 0 Å². The number of hydrogen-bond donors (Lipinski definition) is 0. The molecular weight excluding hydrogens is 252 g/mol. The van der Waals surface area contributed by atoms with Gasteiger partial charge in [-0.2, -0.15) is 0 Å². The van der Waals surface area contributed by atoms with Crippen LogP contribution in [0, 0.1) is 0 Å². The lowest BCUT2D eigenvalue weighted by Gasteiger charge is -2.33. The minimum Gasteiger partial charge on any atom is -0.327 e. The average Bonchev–Trinajstić information content (AvgIpc) is 2.46. The molecule has 0 fully saturated rings. The van der Waals surface area contributed by atoms with Gasteiger partial charge in [-0.15, -0.1) is 0 Å². The van der Waals surface area contributed by atoms with Gasteiger partial charge in [-0.25, -0.2) is 0 Å². The van der Waals surface area contributed by atoms with E-state index < -0.39 is 5.97 Å². The van der Waals surface area contributed by atoms with Crippen molar-refractivity contribution in [2.24, 2.45) is 0 Å². The molecule has 0 aliphatic carbocycles. The van der Waals surface area contributed by atoms with Crippen LogP contribution in [0.25, 0.3) is 0 Å². The Labute approximate surface area is 126 Å². The van der Waals surface area contributed by atoms with Crippen molar-refractivity contribution in [2.75, 3.05) is 19.8 Å². The van der Waals surface area contributed by atoms with Gasteiger partial charge in [-0.3, -0.25) is 0 Å². The van der Waals surface area contributed by atoms with Gasteiger partial charge in [0.1, 0.15) is 0 Å². The summed E-state index contributed by atoms with van der Waals surface area (Å²) in [7, 11) is 0. The summed E-state index contributed by atoms with van der Waals surface area (Å²) >= 11 is 0. The van der Waals surface area contributed by atoms with E-state index in [1.165, 1.54) is 0 Å². The van der Waals surface area contributed by atoms with Crippen LogP contribution >= 0.6 is 0 Å². The first kappa shape index (κ1) is 19.9. The van der Waals surface area contributed by atoms with Crippen LogP contribution in [0.3, 0.4) is 0 Å². The van der Waals surface area contributed by atoms with Crippen LogP contribution in [0.5, 0.6) is 0 Å². The predicted octanol–water partition coefficient (Wildman–Crippen LogP) is 5.28. The third-order valence-corrected chi connectivity index (χ3v) is 3.30. The SMILES string of the molecule is CCCCOC(CCCC)(OCCCC)OCCCC. The van der Waals surface area contributed by atoms with Crippen LogP contribution in [0.1, 0.15) is 85.5 Å². The first-order valence-corrected chi connectivity index (χ1v) is 8.66. The lowest BCUT2D eigenvalue weighted by atomic mass is 10.2. The summed E-state index contributed by atoms with van der Waals surface area (Å²) < 4.78 is 18.1. The van der Waals surface area contributed by atoms with E-state index in [0.717, 1.165) is 77.6 Å². The van der Waals surface area contributed by atoms with Crippen molar-refractivity contribution < 1.29 is 14.2 Å². The van der Waals surface area contributed by atoms with Gasteiger partial charge in [-0.05, 0) is 25.7 Å². The molecule has 0 spiro atoms. The van der Waals surface area contributed by atoms with Crippen molar-refractivity contribution in [3.8, 4) is 0 Å². The van der Waals surface area contributed by atoms with Gasteiger partial charge >= 0.3 is 0 Å². The van der Waals surface area contributed by atoms with E-state index in [0.29, 0.717) is 0 Å². The maximum Gasteiger partial charge on any atom is 0.282 e. The molecule has 122 valence electrons. The fourth-order valence-electron chi connectivity index (χ4n) is 1.85. The first-order chi connectivity index (χ1) is 9.74. The molecular formula is C17H36O3. The molecule has 3 nitrogen and oxygen atoms in total. The van der Waals surface area contributed by atoms with Crippen molar-refractivity contribution in [2.45, 2.75) is 91.5 Å². The molecule has 0 saturated heterocycles. The zero-order valence-electron chi connectivity index (χ0n) is 14.2. The number of rotatable bonds is 15. The van der Waals surface area contributed by atoms with Crippen molar-refractivity contribution in [3.05, 3.63) is 0 Å². The standard InChI is InChI=1S/C17H36O3/c1-5-9-13-17(18-14-10-6-2,19-15-11-7-3)20-16-12-8-4/h5-16H2,1-4H3. The van der Waals surface area contributed by atoms with Gasteiger partial charge in [-0.1, -0.05) is 53.4 Å². The number of hydrogen-bond acceptors (Lipinski definition) is 3. The molecule has 0 amide bonds. The minimum atomic E-state index is -0.796. The quantitative estimate of drug-likeness (QED) is 0.303. The van der Waals surface area contributed by atoms with E-state index in [1.54, 1.807) is 0 Å². The Bertz CT molecular complexity index is 168. The Kier molecular flexibility index (Phi) is 13.8. The van der Waals surface area contributed by atoms with Gasteiger partial charge in [0.2, 0.25) is 0 Å². The minimum absolute atomic E-state index is 0.721. The maximum atomic E-state index is 6.02. The molecule has 0 unspecified atom stereocenters. The average molecular weight is 288 g/mol. The molecule has 0 aliphatic heterocycles. The molecule has 0 radical (unpaired) electrons. The summed E-state index contributed by atoms with van der Waals surface area (Å²) in [6, 6.07) is 0. The molecule has 0 aromatic carbocycles. The molecule has 0 heterocycles. The highest BCUT2D eigenvalue weighted by atomic mass is 16.9. The second-order valence-electron chi connectivity index (χ2n) is 5.39. The zero-order valence-corrected chi connectivity index (χ0v) is 14.2. The third kappa shape index (κ3) is 9.73. The first-order valence-electron chi connectivity index (χ1n) is 8.66. The second kappa shape index (κ2) is 13.8. The van der Waals surface area contributed by atoms with Crippen LogP contribution in [0.15, 0.2) is 0 Å². The van der Waals surface area contributed by atoms with Gasteiger partial charge in [0.15, 0.2) is 0 Å². The van der Waals surface area contributed by atoms with E-state index in [9.17, 15) is 0 Å². The largest absolute Gasteiger partial charge is 0.327 e. The lowest BCUT2D eigenvalue weighted by molar-refractivity contribution is -0.384. The van der Waals surface area contributed by atoms with Crippen LogP contribution in [-0.4, -0.2) is 25.8 Å². The Hall–Kier alpha value is -0.120. The van der Waals surface area contributed by atoms with Crippen LogP contribution in [-0.2, 0) is 14.2 Å². The Balaban J connectivity index is 4.48. The Morgan fingerprint density at radius 2 is 0.900 bits per heavy atom. The van der Waals surface area contributed by atoms with Crippen LogP contribution < -0.4 is 0 Å². The molecule has 0 aromatic heterocycles. The maximum absolute atomic E-state index is 6.02. The zero-order chi connectivity index (χ0) is 15.1. The van der Waals surface area contributed by atoms with E-state index in [4.69, 9.17) is 14.2 Å². The van der Waals surface area contributed by atoms with Crippen LogP contribution in [0.4, 0.5) is 0 Å². The molecule has 0 rings (SSSR count). The monoisotopic (exact) mass is 288 g/mol. The topological polar surface area (TPSA) is 27.7 Å². The van der Waals surface area contributed by atoms with Gasteiger partial charge in [0.25, 0.3) is 5.97 Å². The van der Waals surface area contributed by atoms with Gasteiger partial charge in [0, 0.05) is 6.42 Å². The summed E-state index contributed by atoms with van der Waals surface area (Å²) in [5.74, 6) is -0.796. The van der Waals surface area contributed by atoms with Gasteiger partial charge in [0.05, 0.1) is 19.8 Å². The Morgan fingerprint density at radius 3 is 1.20 bits per heavy atom. The summed E-state index contributed by atoms with van der Waals surface area (Å²) in [5.41, 5.74) is 0. The molecule has 0 aromatic rings. The van der Waals surface area contributed by atoms with E-state index in [1.807, 2.05) is 0 Å². The predicted molar refractivity (Wildman–Crippen MR) is 84.8 cm³/mol. The van der Waals surface area contributed by atoms with E-state index in [-0.39, 0.29) is 0 Å². The molecule has 0 N–H and O–H groups in total. The molecule has 0 atom stereocenters. The Morgan fingerprint density at radius 1 is 0.550 bits per heavy atom. The normalized spacial score (nSPS) is 12.0. The second-order valence-corrected chi connectivity index (χ2v) is 5.39. The smallest absolute Gasteiger partial charge is 0.282 e. The molecule has 3 heteroatoms. The van der Waals surface area contributed by atoms with Crippen molar-refractivity contribution in [1.29, 1.82) is 0 Å². The summed E-state index contributed by atoms with van der Waals surface area (Å²) in [6.07, 6.45) is 9.61. The van der Waals surface area contributed by atoms with Crippen LogP contribution in [0.2, 0.25) is 0 Å². The van der Waals surface area contributed by atoms with Gasteiger partial charge < -0.3 is 14.2 Å². The third-order valence-electron chi connectivity index (χ3n) is 3.30. The summed E-state index contributed by atoms with van der Waals surface area (Å²) in [4.78, 5) is 0. The van der Waals surface area contributed by atoms with E-state index in [2.05, 4.69) is 27.7 Å². The molecule has 0 bridgehead atoms. The number of ether oxygens (including phenoxy) is 3. The molecule has 0 saturated carbocycles. The molecule has 0 aliphatic rings. The summed E-state index contributed by atoms with van der Waals surface area (Å²) in [6.45, 7) is 10.9. The highest BCUT2D eigenvalue weighted by Crippen LogP contribution is 2.24.